The van der Waals surface area contributed by atoms with Crippen LogP contribution in [0.4, 0.5) is 10.5 Å². The van der Waals surface area contributed by atoms with Gasteiger partial charge in [-0.05, 0) is 25.5 Å². The summed E-state index contributed by atoms with van der Waals surface area (Å²) in [5.41, 5.74) is 0.554. The first-order valence-corrected chi connectivity index (χ1v) is 7.53. The molecule has 0 unspecified atom stereocenters. The maximum absolute atomic E-state index is 11.9. The van der Waals surface area contributed by atoms with Crippen molar-refractivity contribution in [2.24, 2.45) is 0 Å². The molecule has 0 aliphatic rings. The zero-order valence-corrected chi connectivity index (χ0v) is 13.1. The van der Waals surface area contributed by atoms with Crippen molar-refractivity contribution in [3.05, 3.63) is 41.4 Å². The highest BCUT2D eigenvalue weighted by Gasteiger charge is 2.10. The highest BCUT2D eigenvalue weighted by Crippen LogP contribution is 2.32. The van der Waals surface area contributed by atoms with Crippen LogP contribution in [-0.2, 0) is 6.42 Å². The third-order valence-electron chi connectivity index (χ3n) is 2.93. The van der Waals surface area contributed by atoms with Crippen LogP contribution in [0.2, 0.25) is 5.02 Å². The molecular formula is C15H19ClN4O2. The van der Waals surface area contributed by atoms with Crippen LogP contribution in [0, 0.1) is 0 Å². The fourth-order valence-corrected chi connectivity index (χ4v) is 2.19. The number of carbonyl (C=O) groups excluding carboxylic acids is 1. The van der Waals surface area contributed by atoms with E-state index in [9.17, 15) is 4.79 Å². The fraction of sp³-hybridized carbons (Fsp3) is 0.333. The lowest BCUT2D eigenvalue weighted by Crippen LogP contribution is -2.30. The Kier molecular flexibility index (Phi) is 6.09. The van der Waals surface area contributed by atoms with E-state index in [1.54, 1.807) is 30.6 Å². The number of anilines is 1. The number of ether oxygens (including phenoxy) is 1. The molecule has 1 aromatic carbocycles. The van der Waals surface area contributed by atoms with E-state index < -0.39 is 0 Å². The van der Waals surface area contributed by atoms with Gasteiger partial charge in [-0.1, -0.05) is 17.7 Å². The molecule has 0 atom stereocenters. The lowest BCUT2D eigenvalue weighted by Gasteiger charge is -2.13. The molecule has 7 heteroatoms. The van der Waals surface area contributed by atoms with E-state index >= 15 is 0 Å². The third kappa shape index (κ3) is 4.66. The minimum atomic E-state index is -0.289. The van der Waals surface area contributed by atoms with Crippen molar-refractivity contribution in [3.63, 3.8) is 0 Å². The van der Waals surface area contributed by atoms with E-state index in [1.807, 2.05) is 6.92 Å². The van der Waals surface area contributed by atoms with Crippen molar-refractivity contribution in [3.8, 4) is 5.75 Å². The summed E-state index contributed by atoms with van der Waals surface area (Å²) in [7, 11) is 0. The van der Waals surface area contributed by atoms with E-state index in [0.717, 1.165) is 18.7 Å². The van der Waals surface area contributed by atoms with Gasteiger partial charge in [-0.15, -0.1) is 0 Å². The van der Waals surface area contributed by atoms with Gasteiger partial charge in [0.1, 0.15) is 5.82 Å². The molecule has 0 aliphatic carbocycles. The third-order valence-corrected chi connectivity index (χ3v) is 3.23. The Labute approximate surface area is 134 Å². The Morgan fingerprint density at radius 3 is 3.05 bits per heavy atom. The summed E-state index contributed by atoms with van der Waals surface area (Å²) in [6.07, 6.45) is 5.08. The summed E-state index contributed by atoms with van der Waals surface area (Å²) in [4.78, 5) is 19.0. The Balaban J connectivity index is 1.80. The molecule has 0 saturated carbocycles. The van der Waals surface area contributed by atoms with Crippen LogP contribution in [0.3, 0.4) is 0 Å². The number of rotatable bonds is 7. The van der Waals surface area contributed by atoms with Crippen molar-refractivity contribution in [2.75, 3.05) is 18.5 Å². The van der Waals surface area contributed by atoms with Crippen LogP contribution >= 0.6 is 11.6 Å². The van der Waals surface area contributed by atoms with Crippen LogP contribution in [0.5, 0.6) is 5.75 Å². The van der Waals surface area contributed by atoms with Crippen LogP contribution in [-0.4, -0.2) is 29.2 Å². The van der Waals surface area contributed by atoms with Crippen molar-refractivity contribution in [1.82, 2.24) is 15.3 Å². The van der Waals surface area contributed by atoms with Gasteiger partial charge in [0.25, 0.3) is 0 Å². The summed E-state index contributed by atoms with van der Waals surface area (Å²) >= 11 is 6.07. The molecule has 0 radical (unpaired) electrons. The Bertz CT molecular complexity index is 602. The number of hydrogen-bond donors (Lipinski definition) is 3. The molecule has 2 rings (SSSR count). The second-order valence-corrected chi connectivity index (χ2v) is 4.98. The molecule has 2 amide bonds. The summed E-state index contributed by atoms with van der Waals surface area (Å²) in [5, 5.41) is 6.01. The first kappa shape index (κ1) is 16.2. The average molecular weight is 323 g/mol. The highest BCUT2D eigenvalue weighted by molar-refractivity contribution is 6.32. The minimum absolute atomic E-state index is 0.289. The molecule has 6 nitrogen and oxygen atoms in total. The molecule has 0 aliphatic heterocycles. The molecular weight excluding hydrogens is 304 g/mol. The van der Waals surface area contributed by atoms with Crippen LogP contribution in [0.1, 0.15) is 19.2 Å². The summed E-state index contributed by atoms with van der Waals surface area (Å²) in [6, 6.07) is 4.94. The monoisotopic (exact) mass is 322 g/mol. The van der Waals surface area contributed by atoms with Crippen LogP contribution < -0.4 is 15.4 Å². The number of aryl methyl sites for hydroxylation is 1. The molecule has 118 valence electrons. The molecule has 0 bridgehead atoms. The van der Waals surface area contributed by atoms with Crippen molar-refractivity contribution >= 4 is 23.3 Å². The number of halogens is 1. The number of H-pyrrole nitrogens is 1. The Morgan fingerprint density at radius 1 is 1.45 bits per heavy atom. The lowest BCUT2D eigenvalue weighted by molar-refractivity contribution is 0.251. The minimum Gasteiger partial charge on any atom is -0.490 e. The Hall–Kier alpha value is -2.21. The number of para-hydroxylation sites is 1. The van der Waals surface area contributed by atoms with Gasteiger partial charge in [-0.3, -0.25) is 0 Å². The smallest absolute Gasteiger partial charge is 0.319 e. The van der Waals surface area contributed by atoms with Gasteiger partial charge in [0.05, 0.1) is 17.3 Å². The first-order chi connectivity index (χ1) is 10.7. The predicted molar refractivity (Wildman–Crippen MR) is 86.6 cm³/mol. The molecule has 0 saturated heterocycles. The molecule has 2 aromatic rings. The molecule has 1 heterocycles. The fourth-order valence-electron chi connectivity index (χ4n) is 1.96. The van der Waals surface area contributed by atoms with E-state index in [2.05, 4.69) is 20.6 Å². The van der Waals surface area contributed by atoms with Gasteiger partial charge in [-0.25, -0.2) is 9.78 Å². The van der Waals surface area contributed by atoms with Gasteiger partial charge >= 0.3 is 6.03 Å². The van der Waals surface area contributed by atoms with Gasteiger partial charge in [0.2, 0.25) is 0 Å². The number of nitrogens with zero attached hydrogens (tertiary/aromatic N) is 1. The molecule has 0 fully saturated rings. The van der Waals surface area contributed by atoms with Crippen LogP contribution in [0.25, 0.3) is 0 Å². The number of aromatic nitrogens is 2. The Morgan fingerprint density at radius 2 is 2.32 bits per heavy atom. The van der Waals surface area contributed by atoms with Crippen molar-refractivity contribution in [2.45, 2.75) is 19.8 Å². The lowest BCUT2D eigenvalue weighted by atomic mass is 10.3. The van der Waals surface area contributed by atoms with E-state index in [4.69, 9.17) is 16.3 Å². The first-order valence-electron chi connectivity index (χ1n) is 7.15. The summed E-state index contributed by atoms with van der Waals surface area (Å²) < 4.78 is 5.46. The van der Waals surface area contributed by atoms with Gasteiger partial charge in [-0.2, -0.15) is 0 Å². The van der Waals surface area contributed by atoms with E-state index in [-0.39, 0.29) is 6.03 Å². The van der Waals surface area contributed by atoms with E-state index in [1.165, 1.54) is 0 Å². The molecule has 0 spiro atoms. The number of imidazole rings is 1. The summed E-state index contributed by atoms with van der Waals surface area (Å²) in [5.74, 6) is 1.40. The topological polar surface area (TPSA) is 79.0 Å². The number of urea groups is 1. The summed E-state index contributed by atoms with van der Waals surface area (Å²) in [6.45, 7) is 2.89. The number of amides is 2. The number of carbonyl (C=O) groups is 1. The number of hydrogen-bond acceptors (Lipinski definition) is 3. The second-order valence-electron chi connectivity index (χ2n) is 4.57. The molecule has 3 N–H and O–H groups in total. The van der Waals surface area contributed by atoms with Gasteiger partial charge in [0, 0.05) is 25.4 Å². The van der Waals surface area contributed by atoms with Crippen molar-refractivity contribution in [1.29, 1.82) is 0 Å². The number of benzene rings is 1. The van der Waals surface area contributed by atoms with Crippen LogP contribution in [0.15, 0.2) is 30.6 Å². The second kappa shape index (κ2) is 8.29. The quantitative estimate of drug-likeness (QED) is 0.685. The van der Waals surface area contributed by atoms with Gasteiger partial charge in [0.15, 0.2) is 5.75 Å². The SMILES string of the molecule is CCOc1c(Cl)cccc1NC(=O)NCCCc1ncc[nH]1. The number of aromatic amines is 1. The normalized spacial score (nSPS) is 10.3. The number of nitrogens with one attached hydrogen (secondary N) is 3. The highest BCUT2D eigenvalue weighted by atomic mass is 35.5. The zero-order valence-electron chi connectivity index (χ0n) is 12.4. The average Bonchev–Trinajstić information content (AvgIpc) is 3.01. The standard InChI is InChI=1S/C15H19ClN4O2/c1-2-22-14-11(16)5-3-6-12(14)20-15(21)19-8-4-7-13-17-9-10-18-13/h3,5-6,9-10H,2,4,7-8H2,1H3,(H,17,18)(H2,19,20,21). The predicted octanol–water partition coefficient (Wildman–Crippen LogP) is 3.22. The zero-order chi connectivity index (χ0) is 15.8. The molecule has 1 aromatic heterocycles. The molecule has 22 heavy (non-hydrogen) atoms. The largest absolute Gasteiger partial charge is 0.490 e. The van der Waals surface area contributed by atoms with Gasteiger partial charge < -0.3 is 20.4 Å². The maximum Gasteiger partial charge on any atom is 0.319 e. The van der Waals surface area contributed by atoms with E-state index in [0.29, 0.717) is 29.6 Å². The maximum atomic E-state index is 11.9. The van der Waals surface area contributed by atoms with Crippen molar-refractivity contribution < 1.29 is 9.53 Å².